The highest BCUT2D eigenvalue weighted by atomic mass is 19.4. The molecule has 1 N–H and O–H groups in total. The Hall–Kier alpha value is -3.58. The lowest BCUT2D eigenvalue weighted by molar-refractivity contribution is -0.141. The lowest BCUT2D eigenvalue weighted by Gasteiger charge is -2.32. The van der Waals surface area contributed by atoms with Crippen molar-refractivity contribution in [2.75, 3.05) is 5.32 Å². The Balaban J connectivity index is 1.67. The van der Waals surface area contributed by atoms with Crippen LogP contribution in [0.2, 0.25) is 0 Å². The molecule has 1 aliphatic rings. The number of rotatable bonds is 4. The Kier molecular flexibility index (Phi) is 5.52. The standard InChI is InChI=1S/C23H23BF3N7O2/c1-13-6-8-28-19(31-13)32-15-10-14-12-30-34(20-29-9-7-17(33-20)23(25,26)27)18(14)16(11-15)24-35-21(2,3)22(4,5)36-24/h6-12H,1-5H3,(H,28,31,32). The van der Waals surface area contributed by atoms with Gasteiger partial charge in [0.2, 0.25) is 5.95 Å². The number of aromatic nitrogens is 6. The monoisotopic (exact) mass is 497 g/mol. The van der Waals surface area contributed by atoms with Gasteiger partial charge in [-0.05, 0) is 58.9 Å². The molecule has 1 fully saturated rings. The summed E-state index contributed by atoms with van der Waals surface area (Å²) in [5.74, 6) is 0.170. The van der Waals surface area contributed by atoms with Gasteiger partial charge in [0, 0.05) is 34.6 Å². The molecule has 186 valence electrons. The molecule has 0 unspecified atom stereocenters. The molecule has 0 atom stereocenters. The number of benzene rings is 1. The fraction of sp³-hybridized carbons (Fsp3) is 0.348. The molecule has 4 heterocycles. The Morgan fingerprint density at radius 3 is 2.33 bits per heavy atom. The molecule has 0 amide bonds. The van der Waals surface area contributed by atoms with E-state index >= 15 is 0 Å². The van der Waals surface area contributed by atoms with Gasteiger partial charge >= 0.3 is 13.3 Å². The number of fused-ring (bicyclic) bond motifs is 1. The second-order valence-corrected chi connectivity index (χ2v) is 9.53. The van der Waals surface area contributed by atoms with E-state index in [9.17, 15) is 13.2 Å². The van der Waals surface area contributed by atoms with Crippen molar-refractivity contribution < 1.29 is 22.5 Å². The molecule has 1 saturated heterocycles. The third kappa shape index (κ3) is 4.28. The zero-order chi connectivity index (χ0) is 25.9. The first-order chi connectivity index (χ1) is 16.8. The van der Waals surface area contributed by atoms with Crippen molar-refractivity contribution in [2.24, 2.45) is 0 Å². The zero-order valence-corrected chi connectivity index (χ0v) is 20.3. The molecular formula is C23H23BF3N7O2. The number of nitrogens with zero attached hydrogens (tertiary/aromatic N) is 6. The van der Waals surface area contributed by atoms with Crippen molar-refractivity contribution in [1.29, 1.82) is 0 Å². The Bertz CT molecular complexity index is 1440. The molecular weight excluding hydrogens is 474 g/mol. The second kappa shape index (κ2) is 8.24. The van der Waals surface area contributed by atoms with Gasteiger partial charge in [-0.1, -0.05) is 0 Å². The molecule has 36 heavy (non-hydrogen) atoms. The maximum absolute atomic E-state index is 13.3. The summed E-state index contributed by atoms with van der Waals surface area (Å²) in [6, 6.07) is 6.16. The minimum absolute atomic E-state index is 0.222. The molecule has 13 heteroatoms. The molecule has 4 aromatic rings. The van der Waals surface area contributed by atoms with Crippen LogP contribution < -0.4 is 10.8 Å². The minimum Gasteiger partial charge on any atom is -0.399 e. The van der Waals surface area contributed by atoms with Crippen LogP contribution in [-0.4, -0.2) is 48.0 Å². The minimum atomic E-state index is -4.62. The quantitative estimate of drug-likeness (QED) is 0.423. The zero-order valence-electron chi connectivity index (χ0n) is 20.3. The summed E-state index contributed by atoms with van der Waals surface area (Å²) in [6.45, 7) is 9.52. The van der Waals surface area contributed by atoms with Crippen LogP contribution >= 0.6 is 0 Å². The molecule has 5 rings (SSSR count). The number of nitrogens with one attached hydrogen (secondary N) is 1. The molecule has 3 aromatic heterocycles. The largest absolute Gasteiger partial charge is 0.497 e. The highest BCUT2D eigenvalue weighted by Gasteiger charge is 2.52. The van der Waals surface area contributed by atoms with Gasteiger partial charge in [0.25, 0.3) is 5.95 Å². The van der Waals surface area contributed by atoms with Crippen LogP contribution in [0.5, 0.6) is 0 Å². The highest BCUT2D eigenvalue weighted by Crippen LogP contribution is 2.37. The van der Waals surface area contributed by atoms with E-state index < -0.39 is 30.2 Å². The van der Waals surface area contributed by atoms with Crippen LogP contribution in [0.3, 0.4) is 0 Å². The molecule has 1 aromatic carbocycles. The molecule has 1 aliphatic heterocycles. The fourth-order valence-electron chi connectivity index (χ4n) is 3.82. The van der Waals surface area contributed by atoms with Crippen LogP contribution in [-0.2, 0) is 15.5 Å². The summed E-state index contributed by atoms with van der Waals surface area (Å²) < 4.78 is 53.8. The maximum Gasteiger partial charge on any atom is 0.497 e. The van der Waals surface area contributed by atoms with Crippen LogP contribution in [0.1, 0.15) is 39.1 Å². The van der Waals surface area contributed by atoms with Gasteiger partial charge in [0.1, 0.15) is 5.69 Å². The Labute approximate surface area is 205 Å². The predicted molar refractivity (Wildman–Crippen MR) is 127 cm³/mol. The first-order valence-corrected chi connectivity index (χ1v) is 11.2. The van der Waals surface area contributed by atoms with Crippen LogP contribution in [0, 0.1) is 6.92 Å². The van der Waals surface area contributed by atoms with Crippen molar-refractivity contribution in [3.8, 4) is 5.95 Å². The number of anilines is 2. The average Bonchev–Trinajstić information content (AvgIpc) is 3.30. The van der Waals surface area contributed by atoms with Gasteiger partial charge in [0.05, 0.1) is 22.9 Å². The van der Waals surface area contributed by atoms with Crippen molar-refractivity contribution in [1.82, 2.24) is 29.7 Å². The van der Waals surface area contributed by atoms with E-state index in [1.165, 1.54) is 10.9 Å². The number of alkyl halides is 3. The molecule has 0 spiro atoms. The molecule has 0 bridgehead atoms. The number of hydrogen-bond donors (Lipinski definition) is 1. The van der Waals surface area contributed by atoms with Crippen molar-refractivity contribution in [3.05, 3.63) is 54.2 Å². The van der Waals surface area contributed by atoms with Gasteiger partial charge in [-0.25, -0.2) is 19.9 Å². The average molecular weight is 497 g/mol. The van der Waals surface area contributed by atoms with Gasteiger partial charge in [-0.2, -0.15) is 23.0 Å². The smallest absolute Gasteiger partial charge is 0.399 e. The summed E-state index contributed by atoms with van der Waals surface area (Å²) in [5.41, 5.74) is 0.0538. The number of aryl methyl sites for hydroxylation is 1. The Morgan fingerprint density at radius 2 is 1.67 bits per heavy atom. The van der Waals surface area contributed by atoms with E-state index in [4.69, 9.17) is 9.31 Å². The highest BCUT2D eigenvalue weighted by molar-refractivity contribution is 6.65. The van der Waals surface area contributed by atoms with Crippen molar-refractivity contribution in [3.63, 3.8) is 0 Å². The summed E-state index contributed by atoms with van der Waals surface area (Å²) in [7, 11) is -0.834. The Morgan fingerprint density at radius 1 is 0.972 bits per heavy atom. The van der Waals surface area contributed by atoms with E-state index in [0.29, 0.717) is 28.0 Å². The maximum atomic E-state index is 13.3. The van der Waals surface area contributed by atoms with Gasteiger partial charge < -0.3 is 14.6 Å². The summed E-state index contributed by atoms with van der Waals surface area (Å²) in [6.07, 6.45) is -0.407. The number of halogens is 3. The second-order valence-electron chi connectivity index (χ2n) is 9.53. The van der Waals surface area contributed by atoms with E-state index in [1.54, 1.807) is 24.4 Å². The van der Waals surface area contributed by atoms with E-state index in [-0.39, 0.29) is 5.95 Å². The SMILES string of the molecule is Cc1ccnc(Nc2cc(B3OC(C)(C)C(C)(C)O3)c3c(cnn3-c3nccc(C(F)(F)F)n3)c2)n1. The first-order valence-electron chi connectivity index (χ1n) is 11.2. The lowest BCUT2D eigenvalue weighted by atomic mass is 9.77. The predicted octanol–water partition coefficient (Wildman–Crippen LogP) is 3.98. The fourth-order valence-corrected chi connectivity index (χ4v) is 3.82. The topological polar surface area (TPSA) is 99.9 Å². The normalized spacial score (nSPS) is 17.1. The van der Waals surface area contributed by atoms with Crippen LogP contribution in [0.4, 0.5) is 24.8 Å². The summed E-state index contributed by atoms with van der Waals surface area (Å²) in [4.78, 5) is 16.4. The summed E-state index contributed by atoms with van der Waals surface area (Å²) >= 11 is 0. The molecule has 9 nitrogen and oxygen atoms in total. The van der Waals surface area contributed by atoms with Crippen LogP contribution in [0.25, 0.3) is 16.9 Å². The lowest BCUT2D eigenvalue weighted by Crippen LogP contribution is -2.41. The van der Waals surface area contributed by atoms with Crippen LogP contribution in [0.15, 0.2) is 42.9 Å². The van der Waals surface area contributed by atoms with E-state index in [2.05, 4.69) is 30.4 Å². The van der Waals surface area contributed by atoms with E-state index in [0.717, 1.165) is 18.0 Å². The molecule has 0 saturated carbocycles. The third-order valence-electron chi connectivity index (χ3n) is 6.37. The van der Waals surface area contributed by atoms with Gasteiger partial charge in [-0.3, -0.25) is 0 Å². The van der Waals surface area contributed by atoms with Gasteiger partial charge in [0.15, 0.2) is 0 Å². The molecule has 0 aliphatic carbocycles. The molecule has 0 radical (unpaired) electrons. The van der Waals surface area contributed by atoms with Crippen molar-refractivity contribution in [2.45, 2.75) is 52.0 Å². The number of hydrogen-bond acceptors (Lipinski definition) is 8. The van der Waals surface area contributed by atoms with Gasteiger partial charge in [-0.15, -0.1) is 0 Å². The third-order valence-corrected chi connectivity index (χ3v) is 6.37. The van der Waals surface area contributed by atoms with Crippen molar-refractivity contribution >= 4 is 35.1 Å². The summed E-state index contributed by atoms with van der Waals surface area (Å²) in [5, 5.41) is 8.09. The van der Waals surface area contributed by atoms with E-state index in [1.807, 2.05) is 34.6 Å². The first kappa shape index (κ1) is 24.1.